The second-order valence-electron chi connectivity index (χ2n) is 4.33. The van der Waals surface area contributed by atoms with Crippen LogP contribution in [0.3, 0.4) is 0 Å². The SMILES string of the molecule is OC(COc1ccc(F)cc1)CN1CCOCC1. The number of benzene rings is 1. The van der Waals surface area contributed by atoms with Gasteiger partial charge in [-0.05, 0) is 24.3 Å². The highest BCUT2D eigenvalue weighted by molar-refractivity contribution is 5.22. The first kappa shape index (κ1) is 13.3. The Hall–Kier alpha value is -1.17. The molecule has 1 heterocycles. The molecule has 1 aromatic rings. The summed E-state index contributed by atoms with van der Waals surface area (Å²) in [4.78, 5) is 2.14. The lowest BCUT2D eigenvalue weighted by Crippen LogP contribution is -2.42. The van der Waals surface area contributed by atoms with E-state index < -0.39 is 6.10 Å². The maximum atomic E-state index is 12.7. The van der Waals surface area contributed by atoms with Gasteiger partial charge in [0.05, 0.1) is 13.2 Å². The average molecular weight is 255 g/mol. The molecule has 0 saturated carbocycles. The van der Waals surface area contributed by atoms with E-state index >= 15 is 0 Å². The molecular weight excluding hydrogens is 237 g/mol. The van der Waals surface area contributed by atoms with E-state index in [1.165, 1.54) is 12.1 Å². The lowest BCUT2D eigenvalue weighted by Gasteiger charge is -2.28. The van der Waals surface area contributed by atoms with Crippen molar-refractivity contribution in [2.45, 2.75) is 6.10 Å². The summed E-state index contributed by atoms with van der Waals surface area (Å²) >= 11 is 0. The molecule has 0 spiro atoms. The van der Waals surface area contributed by atoms with Crippen LogP contribution < -0.4 is 4.74 Å². The summed E-state index contributed by atoms with van der Waals surface area (Å²) in [7, 11) is 0. The second-order valence-corrected chi connectivity index (χ2v) is 4.33. The van der Waals surface area contributed by atoms with E-state index in [-0.39, 0.29) is 12.4 Å². The van der Waals surface area contributed by atoms with Crippen LogP contribution in [0.15, 0.2) is 24.3 Å². The highest BCUT2D eigenvalue weighted by Crippen LogP contribution is 2.11. The van der Waals surface area contributed by atoms with Crippen LogP contribution in [0.2, 0.25) is 0 Å². The largest absolute Gasteiger partial charge is 0.491 e. The normalized spacial score (nSPS) is 18.6. The number of β-amino-alcohol motifs (C(OH)–C–C–N with tert-alkyl or cyclic N) is 1. The topological polar surface area (TPSA) is 41.9 Å². The van der Waals surface area contributed by atoms with Crippen LogP contribution in [0, 0.1) is 5.82 Å². The quantitative estimate of drug-likeness (QED) is 0.848. The number of aliphatic hydroxyl groups is 1. The molecule has 1 atom stereocenters. The summed E-state index contributed by atoms with van der Waals surface area (Å²) < 4.78 is 23.3. The van der Waals surface area contributed by atoms with Gasteiger partial charge in [-0.1, -0.05) is 0 Å². The fourth-order valence-corrected chi connectivity index (χ4v) is 1.86. The smallest absolute Gasteiger partial charge is 0.123 e. The molecule has 100 valence electrons. The van der Waals surface area contributed by atoms with Gasteiger partial charge in [-0.25, -0.2) is 4.39 Å². The molecule has 5 heteroatoms. The summed E-state index contributed by atoms with van der Waals surface area (Å²) in [5, 5.41) is 9.84. The number of halogens is 1. The molecular formula is C13H18FNO3. The number of morpholine rings is 1. The van der Waals surface area contributed by atoms with Gasteiger partial charge < -0.3 is 14.6 Å². The predicted molar refractivity (Wildman–Crippen MR) is 65.2 cm³/mol. The van der Waals surface area contributed by atoms with Gasteiger partial charge in [0.15, 0.2) is 0 Å². The standard InChI is InChI=1S/C13H18FNO3/c14-11-1-3-13(4-2-11)18-10-12(16)9-15-5-7-17-8-6-15/h1-4,12,16H,5-10H2. The molecule has 18 heavy (non-hydrogen) atoms. The first-order valence-corrected chi connectivity index (χ1v) is 6.10. The molecule has 1 unspecified atom stereocenters. The Kier molecular flexibility index (Phi) is 4.92. The first-order valence-electron chi connectivity index (χ1n) is 6.10. The van der Waals surface area contributed by atoms with E-state index in [9.17, 15) is 9.50 Å². The van der Waals surface area contributed by atoms with E-state index in [4.69, 9.17) is 9.47 Å². The lowest BCUT2D eigenvalue weighted by atomic mass is 10.3. The van der Waals surface area contributed by atoms with Crippen LogP contribution in [0.25, 0.3) is 0 Å². The number of hydrogen-bond acceptors (Lipinski definition) is 4. The third-order valence-corrected chi connectivity index (χ3v) is 2.83. The van der Waals surface area contributed by atoms with Gasteiger partial charge in [0.25, 0.3) is 0 Å². The van der Waals surface area contributed by atoms with Crippen molar-refractivity contribution in [3.63, 3.8) is 0 Å². The zero-order valence-electron chi connectivity index (χ0n) is 10.2. The third-order valence-electron chi connectivity index (χ3n) is 2.83. The Morgan fingerprint density at radius 2 is 1.94 bits per heavy atom. The Labute approximate surface area is 106 Å². The Morgan fingerprint density at radius 3 is 2.61 bits per heavy atom. The van der Waals surface area contributed by atoms with Crippen LogP contribution in [0.5, 0.6) is 5.75 Å². The molecule has 1 aromatic carbocycles. The second kappa shape index (κ2) is 6.68. The highest BCUT2D eigenvalue weighted by Gasteiger charge is 2.15. The maximum Gasteiger partial charge on any atom is 0.123 e. The number of aliphatic hydroxyl groups excluding tert-OH is 1. The molecule has 1 fully saturated rings. The van der Waals surface area contributed by atoms with Crippen molar-refractivity contribution in [2.24, 2.45) is 0 Å². The number of rotatable bonds is 5. The molecule has 1 aliphatic heterocycles. The summed E-state index contributed by atoms with van der Waals surface area (Å²) in [6.07, 6.45) is -0.548. The fraction of sp³-hybridized carbons (Fsp3) is 0.538. The molecule has 2 rings (SSSR count). The van der Waals surface area contributed by atoms with E-state index in [0.29, 0.717) is 25.5 Å². The minimum Gasteiger partial charge on any atom is -0.491 e. The van der Waals surface area contributed by atoms with Gasteiger partial charge in [-0.3, -0.25) is 4.90 Å². The number of nitrogens with zero attached hydrogens (tertiary/aromatic N) is 1. The number of ether oxygens (including phenoxy) is 2. The van der Waals surface area contributed by atoms with E-state index in [2.05, 4.69) is 4.90 Å². The van der Waals surface area contributed by atoms with Crippen LogP contribution >= 0.6 is 0 Å². The van der Waals surface area contributed by atoms with Crippen molar-refractivity contribution in [2.75, 3.05) is 39.5 Å². The van der Waals surface area contributed by atoms with Gasteiger partial charge in [0.2, 0.25) is 0 Å². The van der Waals surface area contributed by atoms with Crippen LogP contribution in [-0.2, 0) is 4.74 Å². The summed E-state index contributed by atoms with van der Waals surface area (Å²) in [5.41, 5.74) is 0. The molecule has 0 aromatic heterocycles. The Bertz CT molecular complexity index is 352. The van der Waals surface area contributed by atoms with Gasteiger partial charge in [-0.15, -0.1) is 0 Å². The fourth-order valence-electron chi connectivity index (χ4n) is 1.86. The third kappa shape index (κ3) is 4.25. The lowest BCUT2D eigenvalue weighted by molar-refractivity contribution is 0.00465. The van der Waals surface area contributed by atoms with Crippen molar-refractivity contribution < 1.29 is 19.0 Å². The summed E-state index contributed by atoms with van der Waals surface area (Å²) in [6, 6.07) is 5.78. The van der Waals surface area contributed by atoms with Gasteiger partial charge >= 0.3 is 0 Å². The predicted octanol–water partition coefficient (Wildman–Crippen LogP) is 0.898. The Morgan fingerprint density at radius 1 is 1.28 bits per heavy atom. The zero-order chi connectivity index (χ0) is 12.8. The molecule has 0 bridgehead atoms. The van der Waals surface area contributed by atoms with Gasteiger partial charge in [-0.2, -0.15) is 0 Å². The maximum absolute atomic E-state index is 12.7. The zero-order valence-corrected chi connectivity index (χ0v) is 10.2. The van der Waals surface area contributed by atoms with Crippen molar-refractivity contribution in [3.05, 3.63) is 30.1 Å². The monoisotopic (exact) mass is 255 g/mol. The van der Waals surface area contributed by atoms with E-state index in [1.54, 1.807) is 12.1 Å². The summed E-state index contributed by atoms with van der Waals surface area (Å²) in [6.45, 7) is 3.89. The van der Waals surface area contributed by atoms with Gasteiger partial charge in [0.1, 0.15) is 24.3 Å². The van der Waals surface area contributed by atoms with Crippen molar-refractivity contribution >= 4 is 0 Å². The number of hydrogen-bond donors (Lipinski definition) is 1. The van der Waals surface area contributed by atoms with Gasteiger partial charge in [0, 0.05) is 19.6 Å². The van der Waals surface area contributed by atoms with Crippen molar-refractivity contribution in [1.29, 1.82) is 0 Å². The molecule has 1 N–H and O–H groups in total. The molecule has 0 amide bonds. The van der Waals surface area contributed by atoms with Crippen LogP contribution in [0.4, 0.5) is 4.39 Å². The minimum absolute atomic E-state index is 0.211. The molecule has 1 saturated heterocycles. The highest BCUT2D eigenvalue weighted by atomic mass is 19.1. The molecule has 0 aliphatic carbocycles. The van der Waals surface area contributed by atoms with Crippen molar-refractivity contribution in [1.82, 2.24) is 4.90 Å². The van der Waals surface area contributed by atoms with Crippen molar-refractivity contribution in [3.8, 4) is 5.75 Å². The van der Waals surface area contributed by atoms with E-state index in [0.717, 1.165) is 13.1 Å². The first-order chi connectivity index (χ1) is 8.74. The van der Waals surface area contributed by atoms with E-state index in [1.807, 2.05) is 0 Å². The minimum atomic E-state index is -0.548. The molecule has 1 aliphatic rings. The summed E-state index contributed by atoms with van der Waals surface area (Å²) in [5.74, 6) is 0.272. The average Bonchev–Trinajstić information content (AvgIpc) is 2.39. The van der Waals surface area contributed by atoms with Crippen LogP contribution in [-0.4, -0.2) is 55.6 Å². The molecule has 0 radical (unpaired) electrons. The molecule has 4 nitrogen and oxygen atoms in total. The van der Waals surface area contributed by atoms with Crippen LogP contribution in [0.1, 0.15) is 0 Å². The Balaban J connectivity index is 1.70.